The maximum Gasteiger partial charge on any atom is 0.127 e. The first kappa shape index (κ1) is 13.0. The van der Waals surface area contributed by atoms with Gasteiger partial charge in [-0.15, -0.1) is 0 Å². The molecule has 1 heterocycles. The van der Waals surface area contributed by atoms with Crippen molar-refractivity contribution in [1.82, 2.24) is 0 Å². The molecular weight excluding hydrogens is 234 g/mol. The minimum absolute atomic E-state index is 0.153. The molecule has 104 valence electrons. The molecule has 0 amide bonds. The minimum atomic E-state index is -0.153. The SMILES string of the molecule is CCCC1CCC(N)(c2cccc3c2OCC3)CC1. The molecule has 0 spiro atoms. The fraction of sp³-hybridized carbons (Fsp3) is 0.647. The highest BCUT2D eigenvalue weighted by molar-refractivity contribution is 5.47. The van der Waals surface area contributed by atoms with Gasteiger partial charge in [0.1, 0.15) is 5.75 Å². The first-order chi connectivity index (χ1) is 9.23. The van der Waals surface area contributed by atoms with E-state index in [2.05, 4.69) is 25.1 Å². The summed E-state index contributed by atoms with van der Waals surface area (Å²) < 4.78 is 5.84. The number of fused-ring (bicyclic) bond motifs is 1. The van der Waals surface area contributed by atoms with Gasteiger partial charge in [-0.05, 0) is 37.2 Å². The van der Waals surface area contributed by atoms with E-state index < -0.39 is 0 Å². The average molecular weight is 259 g/mol. The van der Waals surface area contributed by atoms with Crippen LogP contribution in [0, 0.1) is 5.92 Å². The first-order valence-corrected chi connectivity index (χ1v) is 7.77. The number of ether oxygens (including phenoxy) is 1. The van der Waals surface area contributed by atoms with Crippen molar-refractivity contribution in [1.29, 1.82) is 0 Å². The molecule has 1 aromatic carbocycles. The normalized spacial score (nSPS) is 29.9. The Hall–Kier alpha value is -1.02. The lowest BCUT2D eigenvalue weighted by molar-refractivity contribution is 0.220. The molecule has 1 aliphatic heterocycles. The van der Waals surface area contributed by atoms with Gasteiger partial charge in [0.25, 0.3) is 0 Å². The molecule has 1 fully saturated rings. The first-order valence-electron chi connectivity index (χ1n) is 7.77. The lowest BCUT2D eigenvalue weighted by Crippen LogP contribution is -2.40. The van der Waals surface area contributed by atoms with Gasteiger partial charge in [0, 0.05) is 17.5 Å². The van der Waals surface area contributed by atoms with Crippen molar-refractivity contribution in [2.24, 2.45) is 11.7 Å². The van der Waals surface area contributed by atoms with Gasteiger partial charge in [-0.1, -0.05) is 38.0 Å². The number of nitrogens with two attached hydrogens (primary N) is 1. The quantitative estimate of drug-likeness (QED) is 0.897. The third-order valence-corrected chi connectivity index (χ3v) is 4.95. The Labute approximate surface area is 116 Å². The topological polar surface area (TPSA) is 35.2 Å². The summed E-state index contributed by atoms with van der Waals surface area (Å²) in [6, 6.07) is 6.51. The predicted octanol–water partition coefficient (Wildman–Crippen LogP) is 3.77. The number of hydrogen-bond acceptors (Lipinski definition) is 2. The number of rotatable bonds is 3. The van der Waals surface area contributed by atoms with Crippen LogP contribution in [0.2, 0.25) is 0 Å². The van der Waals surface area contributed by atoms with Crippen LogP contribution in [0.4, 0.5) is 0 Å². The summed E-state index contributed by atoms with van der Waals surface area (Å²) >= 11 is 0. The van der Waals surface area contributed by atoms with E-state index in [9.17, 15) is 0 Å². The van der Waals surface area contributed by atoms with Gasteiger partial charge < -0.3 is 10.5 Å². The van der Waals surface area contributed by atoms with Crippen LogP contribution < -0.4 is 10.5 Å². The van der Waals surface area contributed by atoms with Crippen LogP contribution >= 0.6 is 0 Å². The fourth-order valence-corrected chi connectivity index (χ4v) is 3.77. The van der Waals surface area contributed by atoms with Crippen molar-refractivity contribution in [3.8, 4) is 5.75 Å². The second-order valence-electron chi connectivity index (χ2n) is 6.28. The Balaban J connectivity index is 1.81. The summed E-state index contributed by atoms with van der Waals surface area (Å²) in [7, 11) is 0. The summed E-state index contributed by atoms with van der Waals surface area (Å²) in [4.78, 5) is 0. The number of hydrogen-bond donors (Lipinski definition) is 1. The molecule has 0 bridgehead atoms. The highest BCUT2D eigenvalue weighted by Gasteiger charge is 2.36. The lowest BCUT2D eigenvalue weighted by Gasteiger charge is -2.38. The third kappa shape index (κ3) is 2.38. The van der Waals surface area contributed by atoms with E-state index in [1.165, 1.54) is 36.8 Å². The van der Waals surface area contributed by atoms with Crippen LogP contribution in [0.5, 0.6) is 5.75 Å². The van der Waals surface area contributed by atoms with Gasteiger partial charge in [0.15, 0.2) is 0 Å². The highest BCUT2D eigenvalue weighted by atomic mass is 16.5. The van der Waals surface area contributed by atoms with Gasteiger partial charge in [0.05, 0.1) is 6.61 Å². The van der Waals surface area contributed by atoms with E-state index in [1.807, 2.05) is 0 Å². The van der Waals surface area contributed by atoms with Crippen molar-refractivity contribution in [3.63, 3.8) is 0 Å². The molecule has 2 N–H and O–H groups in total. The Morgan fingerprint density at radius 1 is 1.32 bits per heavy atom. The average Bonchev–Trinajstić information content (AvgIpc) is 2.90. The van der Waals surface area contributed by atoms with E-state index >= 15 is 0 Å². The molecular formula is C17H25NO. The second kappa shape index (κ2) is 5.16. The molecule has 1 aromatic rings. The molecule has 0 saturated heterocycles. The molecule has 0 radical (unpaired) electrons. The number of benzene rings is 1. The summed E-state index contributed by atoms with van der Waals surface area (Å²) in [6.07, 6.45) is 8.46. The van der Waals surface area contributed by atoms with Gasteiger partial charge in [0.2, 0.25) is 0 Å². The molecule has 2 nitrogen and oxygen atoms in total. The summed E-state index contributed by atoms with van der Waals surface area (Å²) in [5.74, 6) is 1.98. The van der Waals surface area contributed by atoms with E-state index in [1.54, 1.807) is 0 Å². The van der Waals surface area contributed by atoms with Gasteiger partial charge in [-0.25, -0.2) is 0 Å². The molecule has 1 aliphatic carbocycles. The fourth-order valence-electron chi connectivity index (χ4n) is 3.77. The van der Waals surface area contributed by atoms with E-state index in [0.717, 1.165) is 37.5 Å². The van der Waals surface area contributed by atoms with Crippen LogP contribution in [0.1, 0.15) is 56.6 Å². The lowest BCUT2D eigenvalue weighted by atomic mass is 9.72. The van der Waals surface area contributed by atoms with Gasteiger partial charge in [-0.2, -0.15) is 0 Å². The predicted molar refractivity (Wildman–Crippen MR) is 78.4 cm³/mol. The molecule has 0 unspecified atom stereocenters. The largest absolute Gasteiger partial charge is 0.493 e. The minimum Gasteiger partial charge on any atom is -0.493 e. The summed E-state index contributed by atoms with van der Waals surface area (Å²) in [5, 5.41) is 0. The van der Waals surface area contributed by atoms with Crippen LogP contribution in [-0.2, 0) is 12.0 Å². The standard InChI is InChI=1S/C17H25NO/c1-2-4-13-7-10-17(18,11-8-13)15-6-3-5-14-9-12-19-16(14)15/h3,5-6,13H,2,4,7-12,18H2,1H3. The highest BCUT2D eigenvalue weighted by Crippen LogP contribution is 2.44. The molecule has 19 heavy (non-hydrogen) atoms. The van der Waals surface area contributed by atoms with E-state index in [0.29, 0.717) is 0 Å². The molecule has 0 aromatic heterocycles. The zero-order valence-electron chi connectivity index (χ0n) is 12.0. The van der Waals surface area contributed by atoms with Crippen LogP contribution in [0.25, 0.3) is 0 Å². The van der Waals surface area contributed by atoms with E-state index in [-0.39, 0.29) is 5.54 Å². The Morgan fingerprint density at radius 3 is 2.84 bits per heavy atom. The zero-order chi connectivity index (χ0) is 13.3. The third-order valence-electron chi connectivity index (χ3n) is 4.95. The van der Waals surface area contributed by atoms with Crippen LogP contribution in [0.3, 0.4) is 0 Å². The molecule has 0 atom stereocenters. The maximum atomic E-state index is 6.73. The smallest absolute Gasteiger partial charge is 0.127 e. The summed E-state index contributed by atoms with van der Waals surface area (Å²) in [6.45, 7) is 3.10. The van der Waals surface area contributed by atoms with Crippen molar-refractivity contribution in [3.05, 3.63) is 29.3 Å². The molecule has 2 aliphatic rings. The van der Waals surface area contributed by atoms with Crippen LogP contribution in [0.15, 0.2) is 18.2 Å². The maximum absolute atomic E-state index is 6.73. The zero-order valence-corrected chi connectivity index (χ0v) is 12.0. The monoisotopic (exact) mass is 259 g/mol. The van der Waals surface area contributed by atoms with Crippen molar-refractivity contribution >= 4 is 0 Å². The molecule has 1 saturated carbocycles. The number of para-hydroxylation sites is 1. The van der Waals surface area contributed by atoms with Gasteiger partial charge in [-0.3, -0.25) is 0 Å². The Kier molecular flexibility index (Phi) is 3.53. The second-order valence-corrected chi connectivity index (χ2v) is 6.28. The Bertz CT molecular complexity index is 447. The van der Waals surface area contributed by atoms with Crippen molar-refractivity contribution in [2.75, 3.05) is 6.61 Å². The molecule has 3 rings (SSSR count). The van der Waals surface area contributed by atoms with Crippen LogP contribution in [-0.4, -0.2) is 6.61 Å². The van der Waals surface area contributed by atoms with Crippen molar-refractivity contribution in [2.45, 2.75) is 57.4 Å². The van der Waals surface area contributed by atoms with E-state index in [4.69, 9.17) is 10.5 Å². The summed E-state index contributed by atoms with van der Waals surface area (Å²) in [5.41, 5.74) is 9.19. The van der Waals surface area contributed by atoms with Crippen molar-refractivity contribution < 1.29 is 4.74 Å². The van der Waals surface area contributed by atoms with Gasteiger partial charge >= 0.3 is 0 Å². The Morgan fingerprint density at radius 2 is 2.11 bits per heavy atom. The molecule has 2 heteroatoms.